The molecule has 0 heterocycles. The average molecular weight is 389 g/mol. The third-order valence-corrected chi connectivity index (χ3v) is 4.52. The third-order valence-electron chi connectivity index (χ3n) is 3.74. The molecule has 0 aliphatic carbocycles. The van der Waals surface area contributed by atoms with Gasteiger partial charge in [-0.25, -0.2) is 4.79 Å². The Balaban J connectivity index is 2.22. The minimum absolute atomic E-state index is 0.0835. The molecule has 0 saturated carbocycles. The molecule has 0 amide bonds. The van der Waals surface area contributed by atoms with Crippen LogP contribution in [0.4, 0.5) is 5.69 Å². The van der Waals surface area contributed by atoms with Gasteiger partial charge in [0.15, 0.2) is 5.78 Å². The topological polar surface area (TPSA) is 95.7 Å². The summed E-state index contributed by atoms with van der Waals surface area (Å²) in [6.07, 6.45) is 1.72. The SMILES string of the molecule is CCOc1ccc(C(C)=O)cc1COC(=O)c1ccc(SC)c([N+](=O)[O-])c1. The molecule has 0 aliphatic heterocycles. The monoisotopic (exact) mass is 389 g/mol. The van der Waals surface area contributed by atoms with Crippen LogP contribution in [0.25, 0.3) is 0 Å². The molecule has 7 nitrogen and oxygen atoms in total. The van der Waals surface area contributed by atoms with Crippen molar-refractivity contribution in [1.29, 1.82) is 0 Å². The fourth-order valence-corrected chi connectivity index (χ4v) is 2.94. The molecule has 0 spiro atoms. The number of benzene rings is 2. The van der Waals surface area contributed by atoms with Gasteiger partial charge in [-0.3, -0.25) is 14.9 Å². The zero-order chi connectivity index (χ0) is 20.0. The van der Waals surface area contributed by atoms with Gasteiger partial charge in [-0.1, -0.05) is 0 Å². The first kappa shape index (κ1) is 20.4. The standard InChI is InChI=1S/C19H19NO6S/c1-4-25-17-7-5-13(12(2)21)9-15(17)11-26-19(22)14-6-8-18(27-3)16(10-14)20(23)24/h5-10H,4,11H2,1-3H3. The van der Waals surface area contributed by atoms with Crippen molar-refractivity contribution in [2.75, 3.05) is 12.9 Å². The van der Waals surface area contributed by atoms with Crippen LogP contribution in [-0.2, 0) is 11.3 Å². The van der Waals surface area contributed by atoms with E-state index in [4.69, 9.17) is 9.47 Å². The number of nitro groups is 1. The zero-order valence-corrected chi connectivity index (χ0v) is 16.0. The van der Waals surface area contributed by atoms with Gasteiger partial charge in [0.1, 0.15) is 12.4 Å². The first-order chi connectivity index (χ1) is 12.9. The number of esters is 1. The number of ketones is 1. The van der Waals surface area contributed by atoms with Crippen LogP contribution >= 0.6 is 11.8 Å². The molecule has 2 rings (SSSR count). The van der Waals surface area contributed by atoms with Gasteiger partial charge in [0.2, 0.25) is 0 Å². The van der Waals surface area contributed by atoms with E-state index in [1.165, 1.54) is 36.9 Å². The smallest absolute Gasteiger partial charge is 0.338 e. The van der Waals surface area contributed by atoms with Gasteiger partial charge in [-0.2, -0.15) is 0 Å². The summed E-state index contributed by atoms with van der Waals surface area (Å²) in [4.78, 5) is 35.0. The van der Waals surface area contributed by atoms with E-state index in [-0.39, 0.29) is 23.6 Å². The molecule has 2 aromatic carbocycles. The fourth-order valence-electron chi connectivity index (χ4n) is 2.39. The van der Waals surface area contributed by atoms with Gasteiger partial charge >= 0.3 is 5.97 Å². The molecule has 0 aliphatic rings. The summed E-state index contributed by atoms with van der Waals surface area (Å²) in [6.45, 7) is 3.56. The van der Waals surface area contributed by atoms with Crippen molar-refractivity contribution in [3.8, 4) is 5.75 Å². The van der Waals surface area contributed by atoms with Crippen molar-refractivity contribution >= 4 is 29.2 Å². The number of nitro benzene ring substituents is 1. The van der Waals surface area contributed by atoms with Crippen molar-refractivity contribution < 1.29 is 24.0 Å². The van der Waals surface area contributed by atoms with E-state index in [2.05, 4.69) is 0 Å². The molecular weight excluding hydrogens is 370 g/mol. The molecule has 0 atom stereocenters. The summed E-state index contributed by atoms with van der Waals surface area (Å²) in [5, 5.41) is 11.1. The second kappa shape index (κ2) is 9.18. The highest BCUT2D eigenvalue weighted by molar-refractivity contribution is 7.98. The van der Waals surface area contributed by atoms with E-state index in [1.807, 2.05) is 6.92 Å². The molecule has 0 aromatic heterocycles. The third kappa shape index (κ3) is 5.07. The van der Waals surface area contributed by atoms with Crippen LogP contribution in [-0.4, -0.2) is 29.5 Å². The molecule has 0 fully saturated rings. The highest BCUT2D eigenvalue weighted by atomic mass is 32.2. The lowest BCUT2D eigenvalue weighted by Crippen LogP contribution is -2.08. The maximum atomic E-state index is 12.3. The number of carbonyl (C=O) groups excluding carboxylic acids is 2. The van der Waals surface area contributed by atoms with Crippen molar-refractivity contribution in [1.82, 2.24) is 0 Å². The van der Waals surface area contributed by atoms with Crippen LogP contribution in [0.3, 0.4) is 0 Å². The fraction of sp³-hybridized carbons (Fsp3) is 0.263. The van der Waals surface area contributed by atoms with Gasteiger partial charge in [0.25, 0.3) is 5.69 Å². The van der Waals surface area contributed by atoms with Gasteiger partial charge in [0.05, 0.1) is 22.0 Å². The number of thioether (sulfide) groups is 1. The van der Waals surface area contributed by atoms with Crippen LogP contribution < -0.4 is 4.74 Å². The average Bonchev–Trinajstić information content (AvgIpc) is 2.66. The largest absolute Gasteiger partial charge is 0.493 e. The van der Waals surface area contributed by atoms with E-state index in [0.717, 1.165) is 0 Å². The second-order valence-electron chi connectivity index (χ2n) is 5.53. The molecule has 0 unspecified atom stereocenters. The number of hydrogen-bond acceptors (Lipinski definition) is 7. The number of carbonyl (C=O) groups is 2. The molecule has 2 aromatic rings. The molecule has 0 radical (unpaired) electrons. The first-order valence-electron chi connectivity index (χ1n) is 8.13. The Labute approximate surface area is 160 Å². The second-order valence-corrected chi connectivity index (χ2v) is 6.38. The predicted octanol–water partition coefficient (Wildman–Crippen LogP) is 4.28. The lowest BCUT2D eigenvalue weighted by Gasteiger charge is -2.12. The highest BCUT2D eigenvalue weighted by Crippen LogP contribution is 2.29. The van der Waals surface area contributed by atoms with Crippen LogP contribution in [0.1, 0.15) is 40.1 Å². The molecular formula is C19H19NO6S. The maximum absolute atomic E-state index is 12.3. The van der Waals surface area contributed by atoms with Crippen LogP contribution in [0.5, 0.6) is 5.75 Å². The Morgan fingerprint density at radius 3 is 2.44 bits per heavy atom. The number of ether oxygens (including phenoxy) is 2. The summed E-state index contributed by atoms with van der Waals surface area (Å²) in [6, 6.07) is 9.10. The van der Waals surface area contributed by atoms with Gasteiger partial charge in [-0.05, 0) is 50.4 Å². The molecule has 27 heavy (non-hydrogen) atoms. The van der Waals surface area contributed by atoms with Crippen LogP contribution in [0.2, 0.25) is 0 Å². The summed E-state index contributed by atoms with van der Waals surface area (Å²) in [5.74, 6) is -0.297. The van der Waals surface area contributed by atoms with Crippen LogP contribution in [0, 0.1) is 10.1 Å². The van der Waals surface area contributed by atoms with Crippen molar-refractivity contribution in [2.24, 2.45) is 0 Å². The lowest BCUT2D eigenvalue weighted by molar-refractivity contribution is -0.387. The summed E-state index contributed by atoms with van der Waals surface area (Å²) >= 11 is 1.22. The number of Topliss-reactive ketones (excluding diaryl/α,β-unsaturated/α-hetero) is 1. The summed E-state index contributed by atoms with van der Waals surface area (Å²) in [5.41, 5.74) is 0.961. The molecule has 8 heteroatoms. The number of rotatable bonds is 8. The Morgan fingerprint density at radius 1 is 1.15 bits per heavy atom. The molecule has 0 saturated heterocycles. The minimum Gasteiger partial charge on any atom is -0.493 e. The zero-order valence-electron chi connectivity index (χ0n) is 15.2. The highest BCUT2D eigenvalue weighted by Gasteiger charge is 2.18. The predicted molar refractivity (Wildman–Crippen MR) is 102 cm³/mol. The van der Waals surface area contributed by atoms with Crippen LogP contribution in [0.15, 0.2) is 41.3 Å². The minimum atomic E-state index is -0.693. The van der Waals surface area contributed by atoms with Gasteiger partial charge in [-0.15, -0.1) is 11.8 Å². The molecule has 142 valence electrons. The van der Waals surface area contributed by atoms with E-state index in [0.29, 0.717) is 28.4 Å². The van der Waals surface area contributed by atoms with E-state index >= 15 is 0 Å². The summed E-state index contributed by atoms with van der Waals surface area (Å²) < 4.78 is 10.8. The Hall–Kier alpha value is -2.87. The normalized spacial score (nSPS) is 10.3. The van der Waals surface area contributed by atoms with Crippen molar-refractivity contribution in [3.05, 3.63) is 63.2 Å². The van der Waals surface area contributed by atoms with Crippen molar-refractivity contribution in [2.45, 2.75) is 25.3 Å². The van der Waals surface area contributed by atoms with Crippen molar-refractivity contribution in [3.63, 3.8) is 0 Å². The quantitative estimate of drug-likeness (QED) is 0.219. The maximum Gasteiger partial charge on any atom is 0.338 e. The Bertz CT molecular complexity index is 880. The lowest BCUT2D eigenvalue weighted by atomic mass is 10.1. The van der Waals surface area contributed by atoms with E-state index in [9.17, 15) is 19.7 Å². The first-order valence-corrected chi connectivity index (χ1v) is 9.36. The molecule has 0 N–H and O–H groups in total. The Morgan fingerprint density at radius 2 is 1.85 bits per heavy atom. The summed E-state index contributed by atoms with van der Waals surface area (Å²) in [7, 11) is 0. The van der Waals surface area contributed by atoms with E-state index in [1.54, 1.807) is 24.5 Å². The Kier molecular flexibility index (Phi) is 6.95. The molecule has 0 bridgehead atoms. The van der Waals surface area contributed by atoms with Gasteiger partial charge < -0.3 is 9.47 Å². The number of nitrogens with zero attached hydrogens (tertiary/aromatic N) is 1. The van der Waals surface area contributed by atoms with Gasteiger partial charge in [0, 0.05) is 17.2 Å². The van der Waals surface area contributed by atoms with E-state index < -0.39 is 10.9 Å². The number of hydrogen-bond donors (Lipinski definition) is 0.